The highest BCUT2D eigenvalue weighted by atomic mass is 32.2. The van der Waals surface area contributed by atoms with Crippen LogP contribution in [0.5, 0.6) is 0 Å². The van der Waals surface area contributed by atoms with Crippen LogP contribution in [0.25, 0.3) is 0 Å². The second-order valence-electron chi connectivity index (χ2n) is 4.97. The predicted octanol–water partition coefficient (Wildman–Crippen LogP) is 3.29. The summed E-state index contributed by atoms with van der Waals surface area (Å²) in [5, 5.41) is 8.56. The van der Waals surface area contributed by atoms with Crippen molar-refractivity contribution in [2.75, 3.05) is 5.32 Å². The Labute approximate surface area is 126 Å². The molecule has 1 unspecified atom stereocenters. The molecule has 0 aliphatic carbocycles. The molecule has 21 heavy (non-hydrogen) atoms. The molecule has 0 fully saturated rings. The van der Waals surface area contributed by atoms with Gasteiger partial charge in [0, 0.05) is 5.69 Å². The van der Waals surface area contributed by atoms with Gasteiger partial charge in [-0.25, -0.2) is 13.6 Å². The predicted molar refractivity (Wildman–Crippen MR) is 85.5 cm³/mol. The zero-order chi connectivity index (χ0) is 15.3. The topological polar surface area (TPSA) is 72.2 Å². The van der Waals surface area contributed by atoms with Crippen molar-refractivity contribution < 1.29 is 8.42 Å². The molecule has 3 N–H and O–H groups in total. The molecular weight excluding hydrogens is 284 g/mol. The van der Waals surface area contributed by atoms with Crippen LogP contribution in [0.1, 0.15) is 31.4 Å². The maximum absolute atomic E-state index is 11.4. The first-order valence-electron chi connectivity index (χ1n) is 6.95. The molecule has 0 radical (unpaired) electrons. The number of nitrogens with one attached hydrogen (secondary N) is 1. The van der Waals surface area contributed by atoms with Gasteiger partial charge in [-0.2, -0.15) is 0 Å². The molecule has 1 atom stereocenters. The summed E-state index contributed by atoms with van der Waals surface area (Å²) in [6.45, 7) is 2.12. The fourth-order valence-corrected chi connectivity index (χ4v) is 2.82. The fraction of sp³-hybridized carbons (Fsp3) is 0.250. The third kappa shape index (κ3) is 4.31. The quantitative estimate of drug-likeness (QED) is 0.860. The van der Waals surface area contributed by atoms with E-state index in [9.17, 15) is 8.42 Å². The number of primary sulfonamides is 1. The molecule has 4 nitrogen and oxygen atoms in total. The number of hydrogen-bond donors (Lipinski definition) is 2. The van der Waals surface area contributed by atoms with Crippen LogP contribution in [0, 0.1) is 0 Å². The van der Waals surface area contributed by atoms with Gasteiger partial charge in [0.2, 0.25) is 10.0 Å². The summed E-state index contributed by atoms with van der Waals surface area (Å²) in [6, 6.07) is 16.9. The SMILES string of the molecule is CCCC(Nc1cccc(S(N)(=O)=O)c1)c1ccccc1. The molecule has 0 saturated heterocycles. The van der Waals surface area contributed by atoms with Crippen LogP contribution < -0.4 is 10.5 Å². The highest BCUT2D eigenvalue weighted by Crippen LogP contribution is 2.25. The van der Waals surface area contributed by atoms with Crippen molar-refractivity contribution in [2.24, 2.45) is 5.14 Å². The Bertz CT molecular complexity index is 684. The van der Waals surface area contributed by atoms with Crippen molar-refractivity contribution in [3.8, 4) is 0 Å². The highest BCUT2D eigenvalue weighted by molar-refractivity contribution is 7.89. The molecule has 112 valence electrons. The lowest BCUT2D eigenvalue weighted by molar-refractivity contribution is 0.597. The maximum atomic E-state index is 11.4. The van der Waals surface area contributed by atoms with Gasteiger partial charge in [0.05, 0.1) is 10.9 Å². The molecule has 5 heteroatoms. The van der Waals surface area contributed by atoms with Gasteiger partial charge < -0.3 is 5.32 Å². The first-order chi connectivity index (χ1) is 10.0. The van der Waals surface area contributed by atoms with E-state index in [2.05, 4.69) is 24.4 Å². The van der Waals surface area contributed by atoms with Crippen molar-refractivity contribution in [1.29, 1.82) is 0 Å². The summed E-state index contributed by atoms with van der Waals surface area (Å²) in [4.78, 5) is 0.121. The van der Waals surface area contributed by atoms with E-state index >= 15 is 0 Å². The van der Waals surface area contributed by atoms with Gasteiger partial charge in [-0.1, -0.05) is 49.7 Å². The van der Waals surface area contributed by atoms with E-state index in [0.29, 0.717) is 0 Å². The third-order valence-corrected chi connectivity index (χ3v) is 4.19. The molecule has 0 aromatic heterocycles. The number of hydrogen-bond acceptors (Lipinski definition) is 3. The van der Waals surface area contributed by atoms with Crippen LogP contribution in [0.2, 0.25) is 0 Å². The van der Waals surface area contributed by atoms with Crippen LogP contribution in [-0.4, -0.2) is 8.42 Å². The van der Waals surface area contributed by atoms with Gasteiger partial charge in [0.1, 0.15) is 0 Å². The van der Waals surface area contributed by atoms with Crippen molar-refractivity contribution in [1.82, 2.24) is 0 Å². The first-order valence-corrected chi connectivity index (χ1v) is 8.49. The van der Waals surface area contributed by atoms with Crippen molar-refractivity contribution in [3.63, 3.8) is 0 Å². The number of nitrogens with two attached hydrogens (primary N) is 1. The van der Waals surface area contributed by atoms with Crippen LogP contribution >= 0.6 is 0 Å². The molecule has 0 aliphatic rings. The number of anilines is 1. The molecule has 2 rings (SSSR count). The minimum absolute atomic E-state index is 0.121. The minimum atomic E-state index is -3.68. The summed E-state index contributed by atoms with van der Waals surface area (Å²) in [5.74, 6) is 0. The Morgan fingerprint density at radius 3 is 2.43 bits per heavy atom. The van der Waals surface area contributed by atoms with Gasteiger partial charge >= 0.3 is 0 Å². The molecule has 2 aromatic carbocycles. The fourth-order valence-electron chi connectivity index (χ4n) is 2.26. The van der Waals surface area contributed by atoms with E-state index in [-0.39, 0.29) is 10.9 Å². The highest BCUT2D eigenvalue weighted by Gasteiger charge is 2.12. The monoisotopic (exact) mass is 304 g/mol. The van der Waals surface area contributed by atoms with Gasteiger partial charge in [-0.15, -0.1) is 0 Å². The molecule has 0 aliphatic heterocycles. The Balaban J connectivity index is 2.26. The largest absolute Gasteiger partial charge is 0.378 e. The summed E-state index contributed by atoms with van der Waals surface area (Å²) in [5.41, 5.74) is 1.93. The number of benzene rings is 2. The smallest absolute Gasteiger partial charge is 0.238 e. The lowest BCUT2D eigenvalue weighted by Gasteiger charge is -2.20. The molecular formula is C16H20N2O2S. The van der Waals surface area contributed by atoms with Crippen molar-refractivity contribution in [3.05, 3.63) is 60.2 Å². The van der Waals surface area contributed by atoms with E-state index in [0.717, 1.165) is 18.5 Å². The Morgan fingerprint density at radius 2 is 1.81 bits per heavy atom. The van der Waals surface area contributed by atoms with Gasteiger partial charge in [0.25, 0.3) is 0 Å². The summed E-state index contributed by atoms with van der Waals surface area (Å²) < 4.78 is 22.8. The lowest BCUT2D eigenvalue weighted by Crippen LogP contribution is -2.14. The van der Waals surface area contributed by atoms with Gasteiger partial charge in [-0.3, -0.25) is 0 Å². The van der Waals surface area contributed by atoms with E-state index in [4.69, 9.17) is 5.14 Å². The zero-order valence-corrected chi connectivity index (χ0v) is 12.8. The maximum Gasteiger partial charge on any atom is 0.238 e. The molecule has 0 amide bonds. The van der Waals surface area contributed by atoms with Crippen molar-refractivity contribution >= 4 is 15.7 Å². The third-order valence-electron chi connectivity index (χ3n) is 3.28. The van der Waals surface area contributed by atoms with Crippen LogP contribution in [0.15, 0.2) is 59.5 Å². The summed E-state index contributed by atoms with van der Waals surface area (Å²) in [6.07, 6.45) is 1.99. The standard InChI is InChI=1S/C16H20N2O2S/c1-2-7-16(13-8-4-3-5-9-13)18-14-10-6-11-15(12-14)21(17,19)20/h3-6,8-12,16,18H,2,7H2,1H3,(H2,17,19,20). The lowest BCUT2D eigenvalue weighted by atomic mass is 10.0. The average molecular weight is 304 g/mol. The van der Waals surface area contributed by atoms with Gasteiger partial charge in [-0.05, 0) is 30.2 Å². The van der Waals surface area contributed by atoms with E-state index < -0.39 is 10.0 Å². The van der Waals surface area contributed by atoms with E-state index in [1.165, 1.54) is 11.6 Å². The second-order valence-corrected chi connectivity index (χ2v) is 6.53. The second kappa shape index (κ2) is 6.74. The van der Waals surface area contributed by atoms with E-state index in [1.807, 2.05) is 24.3 Å². The number of sulfonamides is 1. The summed E-state index contributed by atoms with van der Waals surface area (Å²) >= 11 is 0. The average Bonchev–Trinajstić information content (AvgIpc) is 2.47. The molecule has 0 heterocycles. The summed E-state index contributed by atoms with van der Waals surface area (Å²) in [7, 11) is -3.68. The normalized spacial score (nSPS) is 12.9. The number of rotatable bonds is 6. The molecule has 0 bridgehead atoms. The molecule has 2 aromatic rings. The first kappa shape index (κ1) is 15.5. The van der Waals surface area contributed by atoms with Crippen LogP contribution in [0.3, 0.4) is 0 Å². The van der Waals surface area contributed by atoms with E-state index in [1.54, 1.807) is 12.1 Å². The van der Waals surface area contributed by atoms with Gasteiger partial charge in [0.15, 0.2) is 0 Å². The molecule has 0 saturated carbocycles. The van der Waals surface area contributed by atoms with Crippen LogP contribution in [-0.2, 0) is 10.0 Å². The zero-order valence-electron chi connectivity index (χ0n) is 12.0. The molecule has 0 spiro atoms. The Morgan fingerprint density at radius 1 is 1.10 bits per heavy atom. The van der Waals surface area contributed by atoms with Crippen molar-refractivity contribution in [2.45, 2.75) is 30.7 Å². The Hall–Kier alpha value is -1.85. The Kier molecular flexibility index (Phi) is 4.98. The van der Waals surface area contributed by atoms with Crippen LogP contribution in [0.4, 0.5) is 5.69 Å². The minimum Gasteiger partial charge on any atom is -0.378 e.